The topological polar surface area (TPSA) is 220 Å². The number of methoxy groups -OCH3 is 1. The zero-order valence-corrected chi connectivity index (χ0v) is 18.0. The normalized spacial score (nSPS) is 24.4. The maximum atomic E-state index is 13.5. The molecule has 1 aromatic heterocycles. The Morgan fingerprint density at radius 3 is 2.23 bits per heavy atom. The second-order valence-corrected chi connectivity index (χ2v) is 7.76. The van der Waals surface area contributed by atoms with Gasteiger partial charge >= 0.3 is 0 Å². The first-order valence-corrected chi connectivity index (χ1v) is 10.2. The van der Waals surface area contributed by atoms with E-state index < -0.39 is 88.2 Å². The molecule has 0 radical (unpaired) electrons. The molecule has 1 aliphatic rings. The van der Waals surface area contributed by atoms with Crippen LogP contribution in [0, 0.1) is 0 Å². The number of ether oxygens (including phenoxy) is 3. The molecule has 1 saturated heterocycles. The fourth-order valence-electron chi connectivity index (χ4n) is 3.74. The minimum absolute atomic E-state index is 0.0243. The van der Waals surface area contributed by atoms with Crippen LogP contribution < -0.4 is 14.9 Å². The molecule has 4 rings (SSSR count). The van der Waals surface area contributed by atoms with E-state index in [0.29, 0.717) is 0 Å². The summed E-state index contributed by atoms with van der Waals surface area (Å²) in [5.41, 5.74) is -1.44. The van der Waals surface area contributed by atoms with E-state index in [2.05, 4.69) is 0 Å². The van der Waals surface area contributed by atoms with Gasteiger partial charge in [0.15, 0.2) is 28.6 Å². The summed E-state index contributed by atoms with van der Waals surface area (Å²) in [6, 6.07) is 4.19. The molecule has 0 spiro atoms. The van der Waals surface area contributed by atoms with Crippen molar-refractivity contribution in [3.63, 3.8) is 0 Å². The third-order valence-corrected chi connectivity index (χ3v) is 5.56. The highest BCUT2D eigenvalue weighted by atomic mass is 16.7. The third-order valence-electron chi connectivity index (χ3n) is 5.56. The highest BCUT2D eigenvalue weighted by Crippen LogP contribution is 2.44. The second kappa shape index (κ2) is 9.13. The summed E-state index contributed by atoms with van der Waals surface area (Å²) in [5, 5.41) is 79.4. The average molecular weight is 494 g/mol. The van der Waals surface area contributed by atoms with Crippen molar-refractivity contribution >= 4 is 11.0 Å². The summed E-state index contributed by atoms with van der Waals surface area (Å²) >= 11 is 0. The fourth-order valence-corrected chi connectivity index (χ4v) is 3.74. The molecule has 3 aromatic rings. The van der Waals surface area contributed by atoms with E-state index in [1.54, 1.807) is 0 Å². The molecule has 2 heterocycles. The van der Waals surface area contributed by atoms with Gasteiger partial charge in [-0.1, -0.05) is 0 Å². The van der Waals surface area contributed by atoms with Crippen molar-refractivity contribution < 1.29 is 59.5 Å². The lowest BCUT2D eigenvalue weighted by Gasteiger charge is -2.39. The van der Waals surface area contributed by atoms with E-state index >= 15 is 0 Å². The predicted molar refractivity (Wildman–Crippen MR) is 116 cm³/mol. The monoisotopic (exact) mass is 494 g/mol. The molecule has 2 aromatic carbocycles. The number of hydrogen-bond acceptors (Lipinski definition) is 13. The quantitative estimate of drug-likeness (QED) is 0.209. The first-order valence-electron chi connectivity index (χ1n) is 10.2. The van der Waals surface area contributed by atoms with Crippen molar-refractivity contribution in [2.45, 2.75) is 30.7 Å². The van der Waals surface area contributed by atoms with E-state index in [-0.39, 0.29) is 11.3 Å². The van der Waals surface area contributed by atoms with Gasteiger partial charge < -0.3 is 59.5 Å². The van der Waals surface area contributed by atoms with Gasteiger partial charge in [0.25, 0.3) is 0 Å². The Hall–Kier alpha value is -3.75. The third kappa shape index (κ3) is 4.05. The van der Waals surface area contributed by atoms with Crippen molar-refractivity contribution in [3.8, 4) is 45.8 Å². The standard InChI is InChI=1S/C22H22O13/c1-32-19-11(27)5-10(26)13-15(29)21(35-22-17(31)16(30)14(28)12(6-23)33-22)18(34-20(13)19)7-2-3-8(24)9(25)4-7/h2-5,12,14,16-17,22-28,30-31H,6H2,1H3/t12-,14-,16+,17-,22+/m1/s1. The molecular weight excluding hydrogens is 472 g/mol. The van der Waals surface area contributed by atoms with Gasteiger partial charge in [0.1, 0.15) is 35.6 Å². The van der Waals surface area contributed by atoms with Gasteiger partial charge in [-0.05, 0) is 18.2 Å². The number of aromatic hydroxyl groups is 4. The number of phenolic OH excluding ortho intramolecular Hbond substituents is 4. The highest BCUT2D eigenvalue weighted by molar-refractivity contribution is 5.93. The van der Waals surface area contributed by atoms with Gasteiger partial charge in [-0.15, -0.1) is 0 Å². The second-order valence-electron chi connectivity index (χ2n) is 7.76. The van der Waals surface area contributed by atoms with Crippen LogP contribution >= 0.6 is 0 Å². The molecule has 13 nitrogen and oxygen atoms in total. The van der Waals surface area contributed by atoms with Crippen molar-refractivity contribution in [2.75, 3.05) is 13.7 Å². The SMILES string of the molecule is COc1c(O)cc(O)c2c(=O)c(O[C@@H]3O[C@H](CO)[C@@H](O)[C@H](O)[C@H]3O)c(-c3ccc(O)c(O)c3)oc12. The molecular formula is C22H22O13. The van der Waals surface area contributed by atoms with Crippen LogP contribution in [0.5, 0.6) is 34.5 Å². The van der Waals surface area contributed by atoms with E-state index in [1.165, 1.54) is 13.2 Å². The highest BCUT2D eigenvalue weighted by Gasteiger charge is 2.45. The molecule has 0 saturated carbocycles. The van der Waals surface area contributed by atoms with E-state index in [9.17, 15) is 45.6 Å². The zero-order valence-electron chi connectivity index (χ0n) is 18.0. The lowest BCUT2D eigenvalue weighted by atomic mass is 9.99. The van der Waals surface area contributed by atoms with Crippen LogP contribution in [0.4, 0.5) is 0 Å². The number of aliphatic hydroxyl groups excluding tert-OH is 4. The molecule has 0 bridgehead atoms. The van der Waals surface area contributed by atoms with Crippen molar-refractivity contribution in [1.82, 2.24) is 0 Å². The van der Waals surface area contributed by atoms with E-state index in [0.717, 1.165) is 18.2 Å². The Labute approximate surface area is 195 Å². The maximum absolute atomic E-state index is 13.5. The lowest BCUT2D eigenvalue weighted by molar-refractivity contribution is -0.277. The van der Waals surface area contributed by atoms with Gasteiger partial charge in [-0.3, -0.25) is 4.79 Å². The molecule has 13 heteroatoms. The van der Waals surface area contributed by atoms with Crippen molar-refractivity contribution in [1.29, 1.82) is 0 Å². The van der Waals surface area contributed by atoms with Crippen molar-refractivity contribution in [3.05, 3.63) is 34.5 Å². The van der Waals surface area contributed by atoms with Gasteiger partial charge in [-0.25, -0.2) is 0 Å². The van der Waals surface area contributed by atoms with Crippen molar-refractivity contribution in [2.24, 2.45) is 0 Å². The molecule has 8 N–H and O–H groups in total. The molecule has 1 fully saturated rings. The molecule has 0 aliphatic carbocycles. The van der Waals surface area contributed by atoms with Gasteiger partial charge in [0, 0.05) is 11.6 Å². The summed E-state index contributed by atoms with van der Waals surface area (Å²) in [4.78, 5) is 13.5. The Kier molecular flexibility index (Phi) is 6.36. The minimum Gasteiger partial charge on any atom is -0.507 e. The fraction of sp³-hybridized carbons (Fsp3) is 0.318. The molecule has 188 valence electrons. The van der Waals surface area contributed by atoms with E-state index in [1.807, 2.05) is 0 Å². The maximum Gasteiger partial charge on any atom is 0.239 e. The van der Waals surface area contributed by atoms with Crippen LogP contribution in [0.2, 0.25) is 0 Å². The van der Waals surface area contributed by atoms with Crippen LogP contribution in [0.15, 0.2) is 33.5 Å². The predicted octanol–water partition coefficient (Wildman–Crippen LogP) is -0.530. The molecule has 1 aliphatic heterocycles. The summed E-state index contributed by atoms with van der Waals surface area (Å²) < 4.78 is 21.7. The Morgan fingerprint density at radius 1 is 0.886 bits per heavy atom. The van der Waals surface area contributed by atoms with E-state index in [4.69, 9.17) is 18.6 Å². The molecule has 0 unspecified atom stereocenters. The Bertz CT molecular complexity index is 1320. The number of fused-ring (bicyclic) bond motifs is 1. The van der Waals surface area contributed by atoms with Crippen LogP contribution in [-0.2, 0) is 4.74 Å². The summed E-state index contributed by atoms with van der Waals surface area (Å²) in [6.45, 7) is -0.757. The zero-order chi connectivity index (χ0) is 25.6. The largest absolute Gasteiger partial charge is 0.507 e. The molecule has 0 amide bonds. The van der Waals surface area contributed by atoms with Crippen LogP contribution in [0.25, 0.3) is 22.3 Å². The lowest BCUT2D eigenvalue weighted by Crippen LogP contribution is -2.60. The first kappa shape index (κ1) is 24.4. The average Bonchev–Trinajstić information content (AvgIpc) is 2.82. The Morgan fingerprint density at radius 2 is 1.60 bits per heavy atom. The van der Waals surface area contributed by atoms with Crippen LogP contribution in [-0.4, -0.2) is 85.3 Å². The van der Waals surface area contributed by atoms with Gasteiger partial charge in [0.2, 0.25) is 23.2 Å². The minimum atomic E-state index is -1.88. The summed E-state index contributed by atoms with van der Waals surface area (Å²) in [7, 11) is 1.18. The smallest absolute Gasteiger partial charge is 0.239 e. The molecule has 35 heavy (non-hydrogen) atoms. The molecule has 5 atom stereocenters. The number of phenols is 4. The van der Waals surface area contributed by atoms with Crippen LogP contribution in [0.3, 0.4) is 0 Å². The number of rotatable bonds is 5. The Balaban J connectivity index is 1.97. The van der Waals surface area contributed by atoms with Crippen LogP contribution in [0.1, 0.15) is 0 Å². The number of aliphatic hydroxyl groups is 4. The number of hydrogen-bond donors (Lipinski definition) is 8. The van der Waals surface area contributed by atoms with Gasteiger partial charge in [-0.2, -0.15) is 0 Å². The summed E-state index contributed by atoms with van der Waals surface area (Å²) in [5.74, 6) is -3.71. The summed E-state index contributed by atoms with van der Waals surface area (Å²) in [6.07, 6.45) is -8.53. The van der Waals surface area contributed by atoms with Gasteiger partial charge in [0.05, 0.1) is 13.7 Å². The number of benzene rings is 2. The first-order chi connectivity index (χ1) is 16.6.